The fourth-order valence-electron chi connectivity index (χ4n) is 2.21. The summed E-state index contributed by atoms with van der Waals surface area (Å²) in [4.78, 5) is 0. The molecule has 1 rings (SSSR count). The van der Waals surface area contributed by atoms with Crippen LogP contribution in [-0.2, 0) is 9.84 Å². The Bertz CT molecular complexity index is 371. The van der Waals surface area contributed by atoms with E-state index in [2.05, 4.69) is 31.3 Å². The Morgan fingerprint density at radius 2 is 2.06 bits per heavy atom. The van der Waals surface area contributed by atoms with Crippen molar-refractivity contribution >= 4 is 9.84 Å². The Morgan fingerprint density at radius 3 is 2.61 bits per heavy atom. The summed E-state index contributed by atoms with van der Waals surface area (Å²) in [6, 6.07) is 0. The first kappa shape index (κ1) is 15.7. The molecule has 0 fully saturated rings. The highest BCUT2D eigenvalue weighted by Gasteiger charge is 2.20. The number of hydrogen-bond donors (Lipinski definition) is 1. The molecule has 0 heterocycles. The van der Waals surface area contributed by atoms with Gasteiger partial charge >= 0.3 is 0 Å². The van der Waals surface area contributed by atoms with Crippen molar-refractivity contribution in [3.05, 3.63) is 12.2 Å². The summed E-state index contributed by atoms with van der Waals surface area (Å²) in [5, 5.41) is 3.50. The molecule has 0 unspecified atom stereocenters. The molecule has 106 valence electrons. The zero-order chi connectivity index (χ0) is 13.6. The van der Waals surface area contributed by atoms with Crippen molar-refractivity contribution in [3.8, 4) is 0 Å². The zero-order valence-electron chi connectivity index (χ0n) is 11.9. The molecular weight excluding hydrogens is 246 g/mol. The summed E-state index contributed by atoms with van der Waals surface area (Å²) in [7, 11) is -2.84. The Kier molecular flexibility index (Phi) is 5.86. The highest BCUT2D eigenvalue weighted by molar-refractivity contribution is 7.90. The van der Waals surface area contributed by atoms with E-state index < -0.39 is 9.84 Å². The number of allylic oxidation sites excluding steroid dienone is 2. The third-order valence-corrected chi connectivity index (χ3v) is 4.51. The lowest BCUT2D eigenvalue weighted by molar-refractivity contribution is 0.312. The molecule has 0 saturated heterocycles. The summed E-state index contributed by atoms with van der Waals surface area (Å²) in [6.07, 6.45) is 10.2. The predicted octanol–water partition coefficient (Wildman–Crippen LogP) is 2.39. The van der Waals surface area contributed by atoms with Gasteiger partial charge in [0.05, 0.1) is 5.75 Å². The van der Waals surface area contributed by atoms with Crippen LogP contribution in [0.25, 0.3) is 0 Å². The highest BCUT2D eigenvalue weighted by atomic mass is 32.2. The monoisotopic (exact) mass is 273 g/mol. The van der Waals surface area contributed by atoms with Gasteiger partial charge < -0.3 is 5.32 Å². The van der Waals surface area contributed by atoms with Gasteiger partial charge in [0.2, 0.25) is 0 Å². The van der Waals surface area contributed by atoms with Crippen LogP contribution >= 0.6 is 0 Å². The van der Waals surface area contributed by atoms with Crippen LogP contribution in [0.4, 0.5) is 0 Å². The zero-order valence-corrected chi connectivity index (χ0v) is 12.7. The molecule has 0 aliphatic heterocycles. The second-order valence-corrected chi connectivity index (χ2v) is 8.59. The molecule has 18 heavy (non-hydrogen) atoms. The molecule has 0 aromatic heterocycles. The average molecular weight is 273 g/mol. The fourth-order valence-corrected chi connectivity index (χ4v) is 3.13. The molecular formula is C14H27NO2S. The van der Waals surface area contributed by atoms with Gasteiger partial charge in [-0.05, 0) is 43.6 Å². The van der Waals surface area contributed by atoms with Crippen LogP contribution in [0.1, 0.15) is 39.5 Å². The molecule has 1 atom stereocenters. The van der Waals surface area contributed by atoms with Crippen molar-refractivity contribution in [2.75, 3.05) is 25.1 Å². The minimum absolute atomic E-state index is 0.0492. The topological polar surface area (TPSA) is 46.2 Å². The highest BCUT2D eigenvalue weighted by Crippen LogP contribution is 2.21. The fraction of sp³-hybridized carbons (Fsp3) is 0.857. The van der Waals surface area contributed by atoms with Crippen LogP contribution in [-0.4, -0.2) is 33.5 Å². The first-order valence-corrected chi connectivity index (χ1v) is 8.88. The largest absolute Gasteiger partial charge is 0.316 e. The van der Waals surface area contributed by atoms with Crippen LogP contribution in [0.5, 0.6) is 0 Å². The number of sulfone groups is 1. The lowest BCUT2D eigenvalue weighted by Gasteiger charge is -2.26. The molecule has 4 heteroatoms. The quantitative estimate of drug-likeness (QED) is 0.725. The Balaban J connectivity index is 2.22. The molecule has 1 aliphatic rings. The van der Waals surface area contributed by atoms with E-state index >= 15 is 0 Å². The minimum atomic E-state index is -2.84. The summed E-state index contributed by atoms with van der Waals surface area (Å²) >= 11 is 0. The first-order valence-electron chi connectivity index (χ1n) is 6.82. The van der Waals surface area contributed by atoms with Gasteiger partial charge in [-0.3, -0.25) is 0 Å². The number of rotatable bonds is 7. The molecule has 3 nitrogen and oxygen atoms in total. The third kappa shape index (κ3) is 7.17. The van der Waals surface area contributed by atoms with Crippen LogP contribution in [0.3, 0.4) is 0 Å². The third-order valence-electron chi connectivity index (χ3n) is 3.56. The minimum Gasteiger partial charge on any atom is -0.316 e. The molecule has 1 N–H and O–H groups in total. The molecule has 1 aliphatic carbocycles. The van der Waals surface area contributed by atoms with Gasteiger partial charge in [0.1, 0.15) is 9.84 Å². The van der Waals surface area contributed by atoms with E-state index in [9.17, 15) is 8.42 Å². The Hall–Kier alpha value is -0.350. The average Bonchev–Trinajstić information content (AvgIpc) is 2.27. The Labute approximate surface area is 112 Å². The standard InChI is InChI=1S/C14H27NO2S/c1-14(2,9-10-18(3,16)17)12-15-11-13-7-5-4-6-8-13/h4-5,13,15H,6-12H2,1-3H3/t13-/m1/s1. The van der Waals surface area contributed by atoms with Gasteiger partial charge in [0.15, 0.2) is 0 Å². The maximum atomic E-state index is 11.2. The van der Waals surface area contributed by atoms with Crippen molar-refractivity contribution in [1.82, 2.24) is 5.32 Å². The first-order chi connectivity index (χ1) is 8.29. The van der Waals surface area contributed by atoms with Crippen LogP contribution in [0.2, 0.25) is 0 Å². The van der Waals surface area contributed by atoms with E-state index in [0.717, 1.165) is 25.4 Å². The van der Waals surface area contributed by atoms with Crippen LogP contribution in [0.15, 0.2) is 12.2 Å². The van der Waals surface area contributed by atoms with Gasteiger partial charge in [-0.15, -0.1) is 0 Å². The maximum Gasteiger partial charge on any atom is 0.147 e. The van der Waals surface area contributed by atoms with Crippen molar-refractivity contribution in [2.24, 2.45) is 11.3 Å². The van der Waals surface area contributed by atoms with Crippen molar-refractivity contribution in [2.45, 2.75) is 39.5 Å². The summed E-state index contributed by atoms with van der Waals surface area (Å²) in [6.45, 7) is 6.20. The van der Waals surface area contributed by atoms with Gasteiger partial charge in [0, 0.05) is 12.8 Å². The number of nitrogens with one attached hydrogen (secondary N) is 1. The van der Waals surface area contributed by atoms with E-state index in [-0.39, 0.29) is 11.2 Å². The van der Waals surface area contributed by atoms with Gasteiger partial charge in [-0.2, -0.15) is 0 Å². The lowest BCUT2D eigenvalue weighted by Crippen LogP contribution is -2.34. The maximum absolute atomic E-state index is 11.2. The molecule has 0 bridgehead atoms. The molecule has 0 radical (unpaired) electrons. The van der Waals surface area contributed by atoms with Crippen molar-refractivity contribution in [1.29, 1.82) is 0 Å². The summed E-state index contributed by atoms with van der Waals surface area (Å²) in [5.41, 5.74) is 0.0492. The molecule has 0 saturated carbocycles. The second kappa shape index (κ2) is 6.71. The van der Waals surface area contributed by atoms with Gasteiger partial charge in [-0.1, -0.05) is 26.0 Å². The van der Waals surface area contributed by atoms with E-state index in [1.807, 2.05) is 0 Å². The summed E-state index contributed by atoms with van der Waals surface area (Å²) < 4.78 is 22.3. The van der Waals surface area contributed by atoms with E-state index in [0.29, 0.717) is 0 Å². The van der Waals surface area contributed by atoms with Gasteiger partial charge in [-0.25, -0.2) is 8.42 Å². The predicted molar refractivity (Wildman–Crippen MR) is 77.5 cm³/mol. The lowest BCUT2D eigenvalue weighted by atomic mass is 9.89. The van der Waals surface area contributed by atoms with Gasteiger partial charge in [0.25, 0.3) is 0 Å². The normalized spacial score (nSPS) is 21.2. The van der Waals surface area contributed by atoms with Crippen molar-refractivity contribution in [3.63, 3.8) is 0 Å². The van der Waals surface area contributed by atoms with E-state index in [4.69, 9.17) is 0 Å². The molecule has 0 amide bonds. The van der Waals surface area contributed by atoms with Crippen LogP contribution < -0.4 is 5.32 Å². The molecule has 0 aromatic carbocycles. The van der Waals surface area contributed by atoms with Crippen molar-refractivity contribution < 1.29 is 8.42 Å². The summed E-state index contributed by atoms with van der Waals surface area (Å²) in [5.74, 6) is 1.04. The smallest absolute Gasteiger partial charge is 0.147 e. The number of hydrogen-bond acceptors (Lipinski definition) is 3. The van der Waals surface area contributed by atoms with E-state index in [1.165, 1.54) is 25.5 Å². The van der Waals surface area contributed by atoms with E-state index in [1.54, 1.807) is 0 Å². The molecule has 0 spiro atoms. The second-order valence-electron chi connectivity index (χ2n) is 6.33. The molecule has 0 aromatic rings. The van der Waals surface area contributed by atoms with Crippen LogP contribution in [0, 0.1) is 11.3 Å². The SMILES string of the molecule is CC(C)(CCS(C)(=O)=O)CNC[C@@H]1CC=CCC1. The Morgan fingerprint density at radius 1 is 1.33 bits per heavy atom.